The Kier molecular flexibility index (Phi) is 12.9. The van der Waals surface area contributed by atoms with Crippen LogP contribution in [0.3, 0.4) is 0 Å². The lowest BCUT2D eigenvalue weighted by Gasteiger charge is -2.34. The van der Waals surface area contributed by atoms with Gasteiger partial charge in [0.15, 0.2) is 5.96 Å². The van der Waals surface area contributed by atoms with Crippen LogP contribution in [-0.2, 0) is 9.53 Å². The number of aliphatic imine (C=N–C) groups is 1. The third-order valence-corrected chi connectivity index (χ3v) is 5.81. The fourth-order valence-electron chi connectivity index (χ4n) is 4.04. The lowest BCUT2D eigenvalue weighted by Crippen LogP contribution is -2.47. The Morgan fingerprint density at radius 2 is 1.90 bits per heavy atom. The van der Waals surface area contributed by atoms with Crippen molar-refractivity contribution in [2.45, 2.75) is 39.7 Å². The second-order valence-corrected chi connectivity index (χ2v) is 7.49. The Labute approximate surface area is 204 Å². The van der Waals surface area contributed by atoms with E-state index in [1.165, 1.54) is 12.7 Å². The van der Waals surface area contributed by atoms with Gasteiger partial charge in [-0.1, -0.05) is 26.0 Å². The van der Waals surface area contributed by atoms with Gasteiger partial charge in [0.05, 0.1) is 32.7 Å². The highest BCUT2D eigenvalue weighted by Gasteiger charge is 2.27. The number of methoxy groups -OCH3 is 2. The molecule has 0 aliphatic carbocycles. The Bertz CT molecular complexity index is 689. The van der Waals surface area contributed by atoms with Gasteiger partial charge < -0.3 is 19.7 Å². The number of hydrogen-bond acceptors (Lipinski definition) is 5. The summed E-state index contributed by atoms with van der Waals surface area (Å²) in [6.45, 7) is 11.4. The number of carbonyl (C=O) groups excluding carboxylic acids is 1. The van der Waals surface area contributed by atoms with Crippen molar-refractivity contribution >= 4 is 35.9 Å². The van der Waals surface area contributed by atoms with Crippen molar-refractivity contribution in [1.29, 1.82) is 0 Å². The van der Waals surface area contributed by atoms with Gasteiger partial charge >= 0.3 is 5.97 Å². The molecule has 0 bridgehead atoms. The van der Waals surface area contributed by atoms with E-state index >= 15 is 0 Å². The smallest absolute Gasteiger partial charge is 0.308 e. The number of hydrogen-bond donors (Lipinski definition) is 1. The molecule has 31 heavy (non-hydrogen) atoms. The van der Waals surface area contributed by atoms with Gasteiger partial charge in [0, 0.05) is 19.6 Å². The lowest BCUT2D eigenvalue weighted by atomic mass is 9.97. The summed E-state index contributed by atoms with van der Waals surface area (Å²) in [5.41, 5.74) is 1.21. The van der Waals surface area contributed by atoms with Crippen LogP contribution in [0, 0.1) is 5.92 Å². The van der Waals surface area contributed by atoms with Crippen molar-refractivity contribution in [2.75, 3.05) is 53.5 Å². The topological polar surface area (TPSA) is 66.4 Å². The van der Waals surface area contributed by atoms with Gasteiger partial charge in [-0.2, -0.15) is 0 Å². The van der Waals surface area contributed by atoms with E-state index in [1.807, 2.05) is 12.1 Å². The first kappa shape index (κ1) is 27.5. The molecular weight excluding hydrogens is 507 g/mol. The van der Waals surface area contributed by atoms with E-state index in [-0.39, 0.29) is 41.9 Å². The van der Waals surface area contributed by atoms with E-state index < -0.39 is 0 Å². The third-order valence-electron chi connectivity index (χ3n) is 5.81. The molecule has 0 spiro atoms. The van der Waals surface area contributed by atoms with Crippen LogP contribution in [0.5, 0.6) is 5.75 Å². The quantitative estimate of drug-likeness (QED) is 0.221. The fourth-order valence-corrected chi connectivity index (χ4v) is 4.04. The molecule has 8 heteroatoms. The zero-order chi connectivity index (χ0) is 21.9. The number of nitrogens with zero attached hydrogens (tertiary/aromatic N) is 3. The Balaban J connectivity index is 0.00000480. The normalized spacial score (nSPS) is 15.9. The SMILES string of the molecule is CCNC(=NCC(c1cccc(OC)c1)N(CC)CC)N1CCC(C(=O)OC)CC1.I. The fraction of sp³-hybridized carbons (Fsp3) is 0.652. The van der Waals surface area contributed by atoms with Crippen molar-refractivity contribution in [3.8, 4) is 5.75 Å². The summed E-state index contributed by atoms with van der Waals surface area (Å²) in [4.78, 5) is 21.5. The average molecular weight is 546 g/mol. The van der Waals surface area contributed by atoms with E-state index in [0.717, 1.165) is 57.3 Å². The monoisotopic (exact) mass is 546 g/mol. The van der Waals surface area contributed by atoms with Crippen LogP contribution >= 0.6 is 24.0 Å². The van der Waals surface area contributed by atoms with Crippen LogP contribution < -0.4 is 10.1 Å². The molecule has 2 rings (SSSR count). The molecule has 7 nitrogen and oxygen atoms in total. The molecule has 0 aromatic heterocycles. The number of ether oxygens (including phenoxy) is 2. The van der Waals surface area contributed by atoms with Gasteiger partial charge in [0.1, 0.15) is 5.75 Å². The molecular formula is C23H39IN4O3. The minimum absolute atomic E-state index is 0. The molecule has 0 saturated carbocycles. The van der Waals surface area contributed by atoms with Crippen LogP contribution in [-0.4, -0.2) is 75.2 Å². The molecule has 1 fully saturated rings. The van der Waals surface area contributed by atoms with Gasteiger partial charge in [-0.05, 0) is 50.6 Å². The number of esters is 1. The summed E-state index contributed by atoms with van der Waals surface area (Å²) in [7, 11) is 3.16. The maximum absolute atomic E-state index is 11.8. The zero-order valence-electron chi connectivity index (χ0n) is 19.6. The first-order valence-electron chi connectivity index (χ1n) is 11.1. The zero-order valence-corrected chi connectivity index (χ0v) is 21.9. The number of likely N-dealkylation sites (tertiary alicyclic amines) is 1. The maximum atomic E-state index is 11.8. The summed E-state index contributed by atoms with van der Waals surface area (Å²) < 4.78 is 10.3. The van der Waals surface area contributed by atoms with E-state index in [2.05, 4.69) is 48.0 Å². The number of benzene rings is 1. The van der Waals surface area contributed by atoms with Crippen molar-refractivity contribution in [1.82, 2.24) is 15.1 Å². The van der Waals surface area contributed by atoms with E-state index in [4.69, 9.17) is 14.5 Å². The van der Waals surface area contributed by atoms with Gasteiger partial charge in [-0.3, -0.25) is 14.7 Å². The van der Waals surface area contributed by atoms with Crippen LogP contribution in [0.4, 0.5) is 0 Å². The highest BCUT2D eigenvalue weighted by molar-refractivity contribution is 14.0. The van der Waals surface area contributed by atoms with Crippen molar-refractivity contribution in [2.24, 2.45) is 10.9 Å². The standard InChI is InChI=1S/C23H38N4O3.HI/c1-6-24-23(27-14-12-18(13-15-27)22(28)30-5)25-17-21(26(7-2)8-3)19-10-9-11-20(16-19)29-4;/h9-11,16,18,21H,6-8,12-15,17H2,1-5H3,(H,24,25);1H. The average Bonchev–Trinajstić information content (AvgIpc) is 2.80. The number of halogens is 1. The molecule has 1 N–H and O–H groups in total. The summed E-state index contributed by atoms with van der Waals surface area (Å²) >= 11 is 0. The van der Waals surface area contributed by atoms with Gasteiger partial charge in [0.25, 0.3) is 0 Å². The largest absolute Gasteiger partial charge is 0.497 e. The molecule has 176 valence electrons. The predicted molar refractivity (Wildman–Crippen MR) is 136 cm³/mol. The van der Waals surface area contributed by atoms with E-state index in [1.54, 1.807) is 7.11 Å². The number of guanidine groups is 1. The van der Waals surface area contributed by atoms with Crippen LogP contribution in [0.15, 0.2) is 29.3 Å². The minimum atomic E-state index is -0.101. The van der Waals surface area contributed by atoms with Gasteiger partial charge in [-0.25, -0.2) is 0 Å². The molecule has 0 radical (unpaired) electrons. The molecule has 0 amide bonds. The third kappa shape index (κ3) is 7.82. The van der Waals surface area contributed by atoms with Crippen LogP contribution in [0.2, 0.25) is 0 Å². The molecule has 1 saturated heterocycles. The molecule has 1 aromatic rings. The molecule has 1 aromatic carbocycles. The number of carbonyl (C=O) groups is 1. The highest BCUT2D eigenvalue weighted by Crippen LogP contribution is 2.25. The molecule has 1 aliphatic rings. The number of likely N-dealkylation sites (N-methyl/N-ethyl adjacent to an activating group) is 1. The first-order valence-corrected chi connectivity index (χ1v) is 11.1. The first-order chi connectivity index (χ1) is 14.6. The van der Waals surface area contributed by atoms with Gasteiger partial charge in [-0.15, -0.1) is 24.0 Å². The summed E-state index contributed by atoms with van der Waals surface area (Å²) in [5, 5.41) is 3.43. The molecule has 1 aliphatic heterocycles. The number of rotatable bonds is 9. The molecule has 1 heterocycles. The van der Waals surface area contributed by atoms with Crippen molar-refractivity contribution in [3.05, 3.63) is 29.8 Å². The second-order valence-electron chi connectivity index (χ2n) is 7.49. The van der Waals surface area contributed by atoms with Crippen molar-refractivity contribution in [3.63, 3.8) is 0 Å². The van der Waals surface area contributed by atoms with Crippen LogP contribution in [0.1, 0.15) is 45.2 Å². The Morgan fingerprint density at radius 1 is 1.23 bits per heavy atom. The minimum Gasteiger partial charge on any atom is -0.497 e. The summed E-state index contributed by atoms with van der Waals surface area (Å²) in [6, 6.07) is 8.44. The predicted octanol–water partition coefficient (Wildman–Crippen LogP) is 3.55. The molecule has 1 unspecified atom stereocenters. The lowest BCUT2D eigenvalue weighted by molar-refractivity contribution is -0.146. The number of piperidine rings is 1. The highest BCUT2D eigenvalue weighted by atomic mass is 127. The Hall–Kier alpha value is -1.55. The molecule has 1 atom stereocenters. The van der Waals surface area contributed by atoms with Gasteiger partial charge in [0.2, 0.25) is 0 Å². The second kappa shape index (κ2) is 14.5. The van der Waals surface area contributed by atoms with E-state index in [9.17, 15) is 4.79 Å². The maximum Gasteiger partial charge on any atom is 0.308 e. The van der Waals surface area contributed by atoms with Crippen molar-refractivity contribution < 1.29 is 14.3 Å². The summed E-state index contributed by atoms with van der Waals surface area (Å²) in [5.74, 6) is 1.68. The van der Waals surface area contributed by atoms with E-state index in [0.29, 0.717) is 6.54 Å². The van der Waals surface area contributed by atoms with Crippen LogP contribution in [0.25, 0.3) is 0 Å². The number of nitrogens with one attached hydrogen (secondary N) is 1. The summed E-state index contributed by atoms with van der Waals surface area (Å²) in [6.07, 6.45) is 1.60. The Morgan fingerprint density at radius 3 is 2.45 bits per heavy atom.